The second kappa shape index (κ2) is 7.33. The number of alkyl halides is 3. The lowest BCUT2D eigenvalue weighted by atomic mass is 9.81. The Hall–Kier alpha value is -2.19. The SMILES string of the molecule is O[C@H]1C[C@H](c2ccccc2)OC2(CCN(c3cc(C(F)(F)F)ncn3)CC2)C1. The smallest absolute Gasteiger partial charge is 0.393 e. The summed E-state index contributed by atoms with van der Waals surface area (Å²) in [5, 5.41) is 10.4. The lowest BCUT2D eigenvalue weighted by Gasteiger charge is -2.48. The van der Waals surface area contributed by atoms with E-state index in [1.165, 1.54) is 0 Å². The molecule has 2 aromatic rings. The van der Waals surface area contributed by atoms with E-state index in [9.17, 15) is 18.3 Å². The van der Waals surface area contributed by atoms with Crippen molar-refractivity contribution in [1.82, 2.24) is 9.97 Å². The molecule has 8 heteroatoms. The fourth-order valence-electron chi connectivity index (χ4n) is 4.17. The largest absolute Gasteiger partial charge is 0.433 e. The normalized spacial score (nSPS) is 25.1. The van der Waals surface area contributed by atoms with Crippen molar-refractivity contribution in [3.63, 3.8) is 0 Å². The standard InChI is InChI=1S/C20H22F3N3O2/c21-20(22,23)17-11-18(25-13-24-17)26-8-6-19(7-9-26)12-15(27)10-16(28-19)14-4-2-1-3-5-14/h1-5,11,13,15-16,27H,6-10,12H2/t15-,16+/m0/s1. The number of benzene rings is 1. The van der Waals surface area contributed by atoms with Gasteiger partial charge in [0.15, 0.2) is 0 Å². The number of aliphatic hydroxyl groups is 1. The summed E-state index contributed by atoms with van der Waals surface area (Å²) in [5.41, 5.74) is -0.367. The van der Waals surface area contributed by atoms with Crippen LogP contribution in [0, 0.1) is 0 Å². The van der Waals surface area contributed by atoms with Crippen molar-refractivity contribution >= 4 is 5.82 Å². The minimum absolute atomic E-state index is 0.174. The summed E-state index contributed by atoms with van der Waals surface area (Å²) in [5.74, 6) is 0.271. The first-order valence-electron chi connectivity index (χ1n) is 9.40. The predicted molar refractivity (Wildman–Crippen MR) is 96.7 cm³/mol. The minimum Gasteiger partial charge on any atom is -0.393 e. The predicted octanol–water partition coefficient (Wildman–Crippen LogP) is 3.75. The van der Waals surface area contributed by atoms with Crippen LogP contribution in [-0.4, -0.2) is 39.9 Å². The second-order valence-corrected chi connectivity index (χ2v) is 7.54. The van der Waals surface area contributed by atoms with Gasteiger partial charge in [0, 0.05) is 32.0 Å². The van der Waals surface area contributed by atoms with Gasteiger partial charge in [0.25, 0.3) is 0 Å². The van der Waals surface area contributed by atoms with E-state index in [-0.39, 0.29) is 11.9 Å². The molecule has 1 spiro atoms. The molecule has 5 nitrogen and oxygen atoms in total. The highest BCUT2D eigenvalue weighted by Gasteiger charge is 2.44. The molecule has 4 rings (SSSR count). The molecule has 2 aliphatic rings. The summed E-state index contributed by atoms with van der Waals surface area (Å²) < 4.78 is 45.2. The van der Waals surface area contributed by atoms with E-state index in [0.717, 1.165) is 18.0 Å². The van der Waals surface area contributed by atoms with E-state index in [1.807, 2.05) is 35.2 Å². The van der Waals surface area contributed by atoms with Gasteiger partial charge in [0.05, 0.1) is 17.8 Å². The van der Waals surface area contributed by atoms with Crippen LogP contribution in [0.1, 0.15) is 43.0 Å². The van der Waals surface area contributed by atoms with Gasteiger partial charge in [-0.15, -0.1) is 0 Å². The lowest BCUT2D eigenvalue weighted by molar-refractivity contribution is -0.173. The number of aromatic nitrogens is 2. The van der Waals surface area contributed by atoms with Crippen molar-refractivity contribution in [2.24, 2.45) is 0 Å². The highest BCUT2D eigenvalue weighted by molar-refractivity contribution is 5.40. The van der Waals surface area contributed by atoms with E-state index in [4.69, 9.17) is 4.74 Å². The molecule has 0 bridgehead atoms. The minimum atomic E-state index is -4.49. The Bertz CT molecular complexity index is 808. The van der Waals surface area contributed by atoms with Crippen LogP contribution in [-0.2, 0) is 10.9 Å². The Balaban J connectivity index is 1.47. The van der Waals surface area contributed by atoms with Gasteiger partial charge in [0.1, 0.15) is 17.8 Å². The molecule has 150 valence electrons. The highest BCUT2D eigenvalue weighted by atomic mass is 19.4. The Morgan fingerprint density at radius 3 is 2.50 bits per heavy atom. The maximum absolute atomic E-state index is 12.9. The number of aliphatic hydroxyl groups excluding tert-OH is 1. The Labute approximate surface area is 161 Å². The van der Waals surface area contributed by atoms with Crippen LogP contribution in [0.3, 0.4) is 0 Å². The molecule has 2 aliphatic heterocycles. The fourth-order valence-corrected chi connectivity index (χ4v) is 4.17. The summed E-state index contributed by atoms with van der Waals surface area (Å²) in [6, 6.07) is 10.8. The molecule has 2 atom stereocenters. The number of piperidine rings is 1. The average Bonchev–Trinajstić information content (AvgIpc) is 2.68. The van der Waals surface area contributed by atoms with Gasteiger partial charge in [-0.25, -0.2) is 9.97 Å². The second-order valence-electron chi connectivity index (χ2n) is 7.54. The van der Waals surface area contributed by atoms with Crippen molar-refractivity contribution in [1.29, 1.82) is 0 Å². The van der Waals surface area contributed by atoms with Gasteiger partial charge in [-0.3, -0.25) is 0 Å². The Morgan fingerprint density at radius 1 is 1.11 bits per heavy atom. The third-order valence-corrected chi connectivity index (χ3v) is 5.60. The molecule has 0 amide bonds. The maximum atomic E-state index is 12.9. The quantitative estimate of drug-likeness (QED) is 0.842. The molecule has 1 N–H and O–H groups in total. The van der Waals surface area contributed by atoms with Gasteiger partial charge < -0.3 is 14.7 Å². The first-order chi connectivity index (χ1) is 13.3. The molecule has 1 aromatic heterocycles. The first-order valence-corrected chi connectivity index (χ1v) is 9.40. The zero-order chi connectivity index (χ0) is 19.8. The fraction of sp³-hybridized carbons (Fsp3) is 0.500. The number of rotatable bonds is 2. The molecule has 28 heavy (non-hydrogen) atoms. The molecule has 1 aromatic carbocycles. The number of anilines is 1. The van der Waals surface area contributed by atoms with E-state index in [2.05, 4.69) is 9.97 Å². The summed E-state index contributed by atoms with van der Waals surface area (Å²) >= 11 is 0. The molecule has 3 heterocycles. The molecule has 2 saturated heterocycles. The number of ether oxygens (including phenoxy) is 1. The summed E-state index contributed by atoms with van der Waals surface area (Å²) in [4.78, 5) is 9.16. The van der Waals surface area contributed by atoms with Crippen LogP contribution >= 0.6 is 0 Å². The number of halogens is 3. The molecular weight excluding hydrogens is 371 g/mol. The number of hydrogen-bond donors (Lipinski definition) is 1. The zero-order valence-corrected chi connectivity index (χ0v) is 15.3. The molecular formula is C20H22F3N3O2. The Morgan fingerprint density at radius 2 is 1.82 bits per heavy atom. The van der Waals surface area contributed by atoms with Crippen molar-refractivity contribution < 1.29 is 23.0 Å². The summed E-state index contributed by atoms with van der Waals surface area (Å²) in [6.07, 6.45) is -1.83. The van der Waals surface area contributed by atoms with E-state index < -0.39 is 23.6 Å². The van der Waals surface area contributed by atoms with E-state index in [0.29, 0.717) is 38.8 Å². The van der Waals surface area contributed by atoms with Crippen molar-refractivity contribution in [3.05, 3.63) is 54.0 Å². The van der Waals surface area contributed by atoms with Crippen molar-refractivity contribution in [2.75, 3.05) is 18.0 Å². The molecule has 0 saturated carbocycles. The maximum Gasteiger partial charge on any atom is 0.433 e. The topological polar surface area (TPSA) is 58.5 Å². The highest BCUT2D eigenvalue weighted by Crippen LogP contribution is 2.43. The van der Waals surface area contributed by atoms with Gasteiger partial charge in [-0.1, -0.05) is 30.3 Å². The van der Waals surface area contributed by atoms with Crippen molar-refractivity contribution in [2.45, 2.75) is 49.7 Å². The Kier molecular flexibility index (Phi) is 5.01. The molecule has 2 fully saturated rings. The van der Waals surface area contributed by atoms with E-state index >= 15 is 0 Å². The monoisotopic (exact) mass is 393 g/mol. The third-order valence-electron chi connectivity index (χ3n) is 5.60. The molecule has 0 aliphatic carbocycles. The number of nitrogens with zero attached hydrogens (tertiary/aromatic N) is 3. The average molecular weight is 393 g/mol. The summed E-state index contributed by atoms with van der Waals surface area (Å²) in [6.45, 7) is 1.03. The van der Waals surface area contributed by atoms with Crippen LogP contribution in [0.15, 0.2) is 42.7 Å². The van der Waals surface area contributed by atoms with Crippen LogP contribution in [0.4, 0.5) is 19.0 Å². The van der Waals surface area contributed by atoms with Crippen LogP contribution in [0.5, 0.6) is 0 Å². The van der Waals surface area contributed by atoms with Crippen LogP contribution < -0.4 is 4.90 Å². The van der Waals surface area contributed by atoms with Crippen LogP contribution in [0.25, 0.3) is 0 Å². The van der Waals surface area contributed by atoms with Gasteiger partial charge >= 0.3 is 6.18 Å². The zero-order valence-electron chi connectivity index (χ0n) is 15.3. The third kappa shape index (κ3) is 3.98. The van der Waals surface area contributed by atoms with Gasteiger partial charge in [0.2, 0.25) is 0 Å². The first kappa shape index (κ1) is 19.1. The number of hydrogen-bond acceptors (Lipinski definition) is 5. The van der Waals surface area contributed by atoms with Gasteiger partial charge in [-0.2, -0.15) is 13.2 Å². The van der Waals surface area contributed by atoms with Crippen molar-refractivity contribution in [3.8, 4) is 0 Å². The van der Waals surface area contributed by atoms with E-state index in [1.54, 1.807) is 0 Å². The molecule has 0 unspecified atom stereocenters. The van der Waals surface area contributed by atoms with Gasteiger partial charge in [-0.05, 0) is 18.4 Å². The lowest BCUT2D eigenvalue weighted by Crippen LogP contribution is -2.51. The summed E-state index contributed by atoms with van der Waals surface area (Å²) in [7, 11) is 0. The van der Waals surface area contributed by atoms with Crippen LogP contribution in [0.2, 0.25) is 0 Å². The molecule has 0 radical (unpaired) electrons.